The third-order valence-corrected chi connectivity index (χ3v) is 3.85. The number of hydrogen-bond donors (Lipinski definition) is 1. The molecule has 1 fully saturated rings. The average Bonchev–Trinajstić information content (AvgIpc) is 3.19. The maximum atomic E-state index is 12.6. The summed E-state index contributed by atoms with van der Waals surface area (Å²) in [5, 5.41) is 0. The summed E-state index contributed by atoms with van der Waals surface area (Å²) in [7, 11) is 1.85. The van der Waals surface area contributed by atoms with Gasteiger partial charge in [-0.15, -0.1) is 0 Å². The second-order valence-electron chi connectivity index (χ2n) is 5.85. The van der Waals surface area contributed by atoms with E-state index in [1.54, 1.807) is 4.90 Å². The molecule has 4 nitrogen and oxygen atoms in total. The van der Waals surface area contributed by atoms with E-state index in [-0.39, 0.29) is 17.4 Å². The van der Waals surface area contributed by atoms with Crippen molar-refractivity contribution in [2.45, 2.75) is 38.2 Å². The predicted octanol–water partition coefficient (Wildman–Crippen LogP) is 2.18. The van der Waals surface area contributed by atoms with Gasteiger partial charge in [0.15, 0.2) is 0 Å². The fourth-order valence-corrected chi connectivity index (χ4v) is 2.45. The molecule has 1 aromatic carbocycles. The minimum atomic E-state index is -0.319. The lowest BCUT2D eigenvalue weighted by molar-refractivity contribution is -0.133. The quantitative estimate of drug-likeness (QED) is 0.810. The van der Waals surface area contributed by atoms with Crippen LogP contribution in [0.1, 0.15) is 32.3 Å². The normalized spacial score (nSPS) is 16.2. The fraction of sp³-hybridized carbons (Fsp3) is 0.562. The van der Waals surface area contributed by atoms with E-state index in [2.05, 4.69) is 0 Å². The monoisotopic (exact) mass is 276 g/mol. The molecule has 0 aliphatic heterocycles. The molecule has 0 radical (unpaired) electrons. The molecular weight excluding hydrogens is 252 g/mol. The topological polar surface area (TPSA) is 55.6 Å². The third-order valence-electron chi connectivity index (χ3n) is 3.85. The highest BCUT2D eigenvalue weighted by Crippen LogP contribution is 2.49. The number of carbonyl (C=O) groups excluding carboxylic acids is 1. The van der Waals surface area contributed by atoms with Gasteiger partial charge in [-0.3, -0.25) is 4.79 Å². The standard InChI is InChI=1S/C16H24N2O2/c1-12(2)20-11-10-18(3)15(19)16(8-9-16)13-4-6-14(17)7-5-13/h4-7,12H,8-11,17H2,1-3H3. The molecule has 0 aromatic heterocycles. The van der Waals surface area contributed by atoms with Crippen molar-refractivity contribution in [2.75, 3.05) is 25.9 Å². The first-order chi connectivity index (χ1) is 9.45. The second-order valence-corrected chi connectivity index (χ2v) is 5.85. The maximum absolute atomic E-state index is 12.6. The van der Waals surface area contributed by atoms with Crippen LogP contribution in [0.25, 0.3) is 0 Å². The van der Waals surface area contributed by atoms with Crippen molar-refractivity contribution in [3.8, 4) is 0 Å². The summed E-state index contributed by atoms with van der Waals surface area (Å²) in [6.45, 7) is 5.21. The van der Waals surface area contributed by atoms with Gasteiger partial charge < -0.3 is 15.4 Å². The minimum Gasteiger partial charge on any atom is -0.399 e. The van der Waals surface area contributed by atoms with Crippen molar-refractivity contribution in [3.05, 3.63) is 29.8 Å². The Hall–Kier alpha value is -1.55. The molecule has 1 amide bonds. The first kappa shape index (κ1) is 14.9. The van der Waals surface area contributed by atoms with E-state index >= 15 is 0 Å². The summed E-state index contributed by atoms with van der Waals surface area (Å²) in [6.07, 6.45) is 2.04. The highest BCUT2D eigenvalue weighted by molar-refractivity contribution is 5.91. The van der Waals surface area contributed by atoms with E-state index < -0.39 is 0 Å². The molecule has 0 spiro atoms. The van der Waals surface area contributed by atoms with Crippen molar-refractivity contribution in [1.82, 2.24) is 4.90 Å². The van der Waals surface area contributed by atoms with E-state index in [4.69, 9.17) is 10.5 Å². The van der Waals surface area contributed by atoms with Crippen LogP contribution in [0, 0.1) is 0 Å². The van der Waals surface area contributed by atoms with Crippen LogP contribution < -0.4 is 5.73 Å². The van der Waals surface area contributed by atoms with Gasteiger partial charge >= 0.3 is 0 Å². The van der Waals surface area contributed by atoms with Gasteiger partial charge in [-0.25, -0.2) is 0 Å². The minimum absolute atomic E-state index is 0.189. The number of nitrogens with two attached hydrogens (primary N) is 1. The molecule has 20 heavy (non-hydrogen) atoms. The van der Waals surface area contributed by atoms with E-state index in [9.17, 15) is 4.79 Å². The van der Waals surface area contributed by atoms with Crippen LogP contribution in [0.3, 0.4) is 0 Å². The molecule has 2 N–H and O–H groups in total. The molecule has 0 unspecified atom stereocenters. The largest absolute Gasteiger partial charge is 0.399 e. The average molecular weight is 276 g/mol. The molecule has 2 rings (SSSR count). The lowest BCUT2D eigenvalue weighted by Gasteiger charge is -2.24. The number of rotatable bonds is 6. The van der Waals surface area contributed by atoms with Gasteiger partial charge in [-0.05, 0) is 44.4 Å². The summed E-state index contributed by atoms with van der Waals surface area (Å²) >= 11 is 0. The number of ether oxygens (including phenoxy) is 1. The molecule has 4 heteroatoms. The first-order valence-corrected chi connectivity index (χ1v) is 7.19. The van der Waals surface area contributed by atoms with Crippen molar-refractivity contribution in [3.63, 3.8) is 0 Å². The molecular formula is C16H24N2O2. The maximum Gasteiger partial charge on any atom is 0.233 e. The highest BCUT2D eigenvalue weighted by atomic mass is 16.5. The number of hydrogen-bond acceptors (Lipinski definition) is 3. The molecule has 1 saturated carbocycles. The van der Waals surface area contributed by atoms with E-state index in [0.29, 0.717) is 13.2 Å². The summed E-state index contributed by atoms with van der Waals surface area (Å²) in [5.41, 5.74) is 7.20. The summed E-state index contributed by atoms with van der Waals surface area (Å²) in [6, 6.07) is 7.67. The van der Waals surface area contributed by atoms with Crippen LogP contribution in [-0.4, -0.2) is 37.1 Å². The molecule has 1 aliphatic carbocycles. The lowest BCUT2D eigenvalue weighted by atomic mass is 9.94. The summed E-state index contributed by atoms with van der Waals surface area (Å²) in [4.78, 5) is 14.4. The number of nitrogen functional groups attached to an aromatic ring is 1. The molecule has 0 atom stereocenters. The van der Waals surface area contributed by atoms with Gasteiger partial charge in [-0.1, -0.05) is 12.1 Å². The Morgan fingerprint density at radius 2 is 1.95 bits per heavy atom. The SMILES string of the molecule is CC(C)OCCN(C)C(=O)C1(c2ccc(N)cc2)CC1. The van der Waals surface area contributed by atoms with Crippen LogP contribution in [0.15, 0.2) is 24.3 Å². The molecule has 1 aromatic rings. The fourth-order valence-electron chi connectivity index (χ4n) is 2.45. The van der Waals surface area contributed by atoms with Crippen LogP contribution in [0.4, 0.5) is 5.69 Å². The van der Waals surface area contributed by atoms with Crippen molar-refractivity contribution in [1.29, 1.82) is 0 Å². The number of likely N-dealkylation sites (N-methyl/N-ethyl adjacent to an activating group) is 1. The zero-order valence-electron chi connectivity index (χ0n) is 12.6. The van der Waals surface area contributed by atoms with E-state index in [1.165, 1.54) is 0 Å². The number of carbonyl (C=O) groups is 1. The van der Waals surface area contributed by atoms with Gasteiger partial charge in [-0.2, -0.15) is 0 Å². The Labute approximate surface area is 120 Å². The Kier molecular flexibility index (Phi) is 4.33. The zero-order valence-corrected chi connectivity index (χ0v) is 12.6. The lowest BCUT2D eigenvalue weighted by Crippen LogP contribution is -2.38. The van der Waals surface area contributed by atoms with Gasteiger partial charge in [0, 0.05) is 19.3 Å². The summed E-state index contributed by atoms with van der Waals surface area (Å²) < 4.78 is 5.51. The van der Waals surface area contributed by atoms with Crippen LogP contribution in [-0.2, 0) is 14.9 Å². The molecule has 110 valence electrons. The number of amides is 1. The van der Waals surface area contributed by atoms with E-state index in [0.717, 1.165) is 24.1 Å². The Morgan fingerprint density at radius 1 is 1.35 bits per heavy atom. The van der Waals surface area contributed by atoms with Gasteiger partial charge in [0.2, 0.25) is 5.91 Å². The number of benzene rings is 1. The van der Waals surface area contributed by atoms with Crippen molar-refractivity contribution < 1.29 is 9.53 Å². The molecule has 1 aliphatic rings. The van der Waals surface area contributed by atoms with Crippen LogP contribution in [0.2, 0.25) is 0 Å². The molecule has 0 saturated heterocycles. The second kappa shape index (κ2) is 5.83. The molecule has 0 heterocycles. The van der Waals surface area contributed by atoms with E-state index in [1.807, 2.05) is 45.2 Å². The Morgan fingerprint density at radius 3 is 2.45 bits per heavy atom. The van der Waals surface area contributed by atoms with Gasteiger partial charge in [0.1, 0.15) is 0 Å². The van der Waals surface area contributed by atoms with Crippen molar-refractivity contribution in [2.24, 2.45) is 0 Å². The highest BCUT2D eigenvalue weighted by Gasteiger charge is 2.52. The summed E-state index contributed by atoms with van der Waals surface area (Å²) in [5.74, 6) is 0.189. The Bertz CT molecular complexity index is 464. The third kappa shape index (κ3) is 3.12. The molecule has 0 bridgehead atoms. The van der Waals surface area contributed by atoms with Crippen LogP contribution >= 0.6 is 0 Å². The van der Waals surface area contributed by atoms with Gasteiger partial charge in [0.25, 0.3) is 0 Å². The predicted molar refractivity (Wildman–Crippen MR) is 80.5 cm³/mol. The smallest absolute Gasteiger partial charge is 0.233 e. The van der Waals surface area contributed by atoms with Crippen molar-refractivity contribution >= 4 is 11.6 Å². The number of nitrogens with zero attached hydrogens (tertiary/aromatic N) is 1. The number of anilines is 1. The van der Waals surface area contributed by atoms with Gasteiger partial charge in [0.05, 0.1) is 18.1 Å². The van der Waals surface area contributed by atoms with Crippen LogP contribution in [0.5, 0.6) is 0 Å². The Balaban J connectivity index is 1.99. The first-order valence-electron chi connectivity index (χ1n) is 7.19. The zero-order chi connectivity index (χ0) is 14.8.